The Bertz CT molecular complexity index is 1640. The number of anilines is 1. The molecule has 1 aliphatic rings. The number of rotatable bonds is 7. The average Bonchev–Trinajstić information content (AvgIpc) is 3.53. The van der Waals surface area contributed by atoms with Gasteiger partial charge in [0.05, 0.1) is 5.52 Å². The van der Waals surface area contributed by atoms with E-state index in [9.17, 15) is 9.59 Å². The maximum atomic E-state index is 13.8. The van der Waals surface area contributed by atoms with E-state index in [2.05, 4.69) is 36.2 Å². The van der Waals surface area contributed by atoms with Crippen LogP contribution in [0.1, 0.15) is 36.8 Å². The molecular weight excluding hydrogens is 500 g/mol. The smallest absolute Gasteiger partial charge is 0.272 e. The molecule has 0 spiro atoms. The summed E-state index contributed by atoms with van der Waals surface area (Å²) >= 11 is 2.99. The minimum atomic E-state index is -0.0128. The molecule has 1 saturated heterocycles. The summed E-state index contributed by atoms with van der Waals surface area (Å²) in [4.78, 5) is 38.0. The molecule has 5 aromatic rings. The zero-order chi connectivity index (χ0) is 25.4. The van der Waals surface area contributed by atoms with Crippen LogP contribution in [0.3, 0.4) is 0 Å². The summed E-state index contributed by atoms with van der Waals surface area (Å²) < 4.78 is 2.48. The molecule has 37 heavy (non-hydrogen) atoms. The molecule has 1 aliphatic heterocycles. The van der Waals surface area contributed by atoms with Gasteiger partial charge in [-0.3, -0.25) is 14.2 Å². The van der Waals surface area contributed by atoms with Crippen molar-refractivity contribution in [3.05, 3.63) is 94.4 Å². The van der Waals surface area contributed by atoms with Crippen LogP contribution in [0.15, 0.2) is 82.9 Å². The Morgan fingerprint density at radius 1 is 1.03 bits per heavy atom. The largest absolute Gasteiger partial charge is 0.312 e. The van der Waals surface area contributed by atoms with E-state index < -0.39 is 0 Å². The van der Waals surface area contributed by atoms with Crippen LogP contribution in [0.4, 0.5) is 5.69 Å². The van der Waals surface area contributed by atoms with Crippen LogP contribution in [0, 0.1) is 0 Å². The van der Waals surface area contributed by atoms with E-state index in [4.69, 9.17) is 4.98 Å². The Balaban J connectivity index is 1.34. The van der Waals surface area contributed by atoms with Crippen molar-refractivity contribution in [2.75, 3.05) is 11.4 Å². The molecule has 2 aromatic carbocycles. The van der Waals surface area contributed by atoms with Crippen LogP contribution in [0.5, 0.6) is 0 Å². The molecule has 1 atom stereocenters. The fourth-order valence-corrected chi connectivity index (χ4v) is 6.80. The number of benzene rings is 2. The van der Waals surface area contributed by atoms with Crippen molar-refractivity contribution in [2.45, 2.75) is 43.1 Å². The molecule has 6 rings (SSSR count). The summed E-state index contributed by atoms with van der Waals surface area (Å²) in [6, 6.07) is 22.3. The number of hydrogen-bond donors (Lipinski definition) is 0. The molecule has 6 nitrogen and oxygen atoms in total. The molecule has 186 valence electrons. The highest BCUT2D eigenvalue weighted by Gasteiger charge is 2.22. The standard InChI is InChI=1S/C29H26N4O2S2/c1-19(21-7-3-2-4-8-21)17-33-28(35)26-25(23-9-5-15-30-27(23)37-26)31-29(33)36-18-20-11-13-22(14-12-20)32-16-6-10-24(32)34/h2-5,7-9,11-15,19H,6,10,16-18H2,1H3/t19-/m0/s1. The highest BCUT2D eigenvalue weighted by Crippen LogP contribution is 2.32. The molecule has 0 saturated carbocycles. The van der Waals surface area contributed by atoms with Crippen molar-refractivity contribution < 1.29 is 4.79 Å². The Hall–Kier alpha value is -3.49. The number of thioether (sulfide) groups is 1. The molecule has 0 N–H and O–H groups in total. The highest BCUT2D eigenvalue weighted by atomic mass is 32.2. The van der Waals surface area contributed by atoms with Gasteiger partial charge in [0.2, 0.25) is 5.91 Å². The van der Waals surface area contributed by atoms with Crippen LogP contribution in [-0.4, -0.2) is 27.0 Å². The predicted octanol–water partition coefficient (Wildman–Crippen LogP) is 6.23. The van der Waals surface area contributed by atoms with Gasteiger partial charge >= 0.3 is 0 Å². The van der Waals surface area contributed by atoms with Gasteiger partial charge in [0.25, 0.3) is 5.56 Å². The lowest BCUT2D eigenvalue weighted by Crippen LogP contribution is -2.25. The number of hydrogen-bond acceptors (Lipinski definition) is 6. The molecule has 8 heteroatoms. The van der Waals surface area contributed by atoms with Crippen LogP contribution >= 0.6 is 23.1 Å². The first-order valence-corrected chi connectivity index (χ1v) is 14.2. The monoisotopic (exact) mass is 526 g/mol. The van der Waals surface area contributed by atoms with Gasteiger partial charge in [-0.2, -0.15) is 0 Å². The highest BCUT2D eigenvalue weighted by molar-refractivity contribution is 7.98. The first-order valence-electron chi connectivity index (χ1n) is 12.4. The van der Waals surface area contributed by atoms with Gasteiger partial charge < -0.3 is 4.90 Å². The molecule has 0 unspecified atom stereocenters. The number of aromatic nitrogens is 3. The third-order valence-electron chi connectivity index (χ3n) is 6.83. The van der Waals surface area contributed by atoms with E-state index in [1.54, 1.807) is 18.0 Å². The summed E-state index contributed by atoms with van der Waals surface area (Å²) in [6.45, 7) is 3.48. The number of amides is 1. The van der Waals surface area contributed by atoms with E-state index in [0.29, 0.717) is 28.6 Å². The summed E-state index contributed by atoms with van der Waals surface area (Å²) in [7, 11) is 0. The normalized spacial score (nSPS) is 14.6. The molecule has 1 fully saturated rings. The quantitative estimate of drug-likeness (QED) is 0.186. The number of pyridine rings is 1. The minimum Gasteiger partial charge on any atom is -0.312 e. The van der Waals surface area contributed by atoms with Crippen molar-refractivity contribution in [1.82, 2.24) is 14.5 Å². The van der Waals surface area contributed by atoms with Gasteiger partial charge in [0.15, 0.2) is 5.16 Å². The fourth-order valence-electron chi connectivity index (χ4n) is 4.81. The first kappa shape index (κ1) is 23.9. The van der Waals surface area contributed by atoms with Crippen LogP contribution in [-0.2, 0) is 17.1 Å². The third kappa shape index (κ3) is 4.67. The second-order valence-electron chi connectivity index (χ2n) is 9.36. The maximum Gasteiger partial charge on any atom is 0.272 e. The summed E-state index contributed by atoms with van der Waals surface area (Å²) in [5.74, 6) is 1.02. The lowest BCUT2D eigenvalue weighted by Gasteiger charge is -2.18. The van der Waals surface area contributed by atoms with Gasteiger partial charge in [0.1, 0.15) is 9.53 Å². The maximum absolute atomic E-state index is 13.8. The zero-order valence-electron chi connectivity index (χ0n) is 20.5. The molecule has 3 aromatic heterocycles. The Labute approximate surface area is 223 Å². The zero-order valence-corrected chi connectivity index (χ0v) is 22.1. The van der Waals surface area contributed by atoms with E-state index in [1.165, 1.54) is 16.9 Å². The van der Waals surface area contributed by atoms with Crippen LogP contribution in [0.2, 0.25) is 0 Å². The van der Waals surface area contributed by atoms with Gasteiger partial charge in [-0.15, -0.1) is 11.3 Å². The Morgan fingerprint density at radius 2 is 1.84 bits per heavy atom. The molecular formula is C29H26N4O2S2. The number of nitrogens with zero attached hydrogens (tertiary/aromatic N) is 4. The summed E-state index contributed by atoms with van der Waals surface area (Å²) in [6.07, 6.45) is 3.29. The average molecular weight is 527 g/mol. The summed E-state index contributed by atoms with van der Waals surface area (Å²) in [5, 5.41) is 1.63. The third-order valence-corrected chi connectivity index (χ3v) is 8.97. The van der Waals surface area contributed by atoms with E-state index in [1.807, 2.05) is 51.9 Å². The number of carbonyl (C=O) groups excluding carboxylic acids is 1. The van der Waals surface area contributed by atoms with Crippen molar-refractivity contribution in [2.24, 2.45) is 0 Å². The minimum absolute atomic E-state index is 0.0128. The number of fused-ring (bicyclic) bond motifs is 3. The molecule has 0 aliphatic carbocycles. The molecule has 1 amide bonds. The van der Waals surface area contributed by atoms with Crippen molar-refractivity contribution in [3.8, 4) is 0 Å². The van der Waals surface area contributed by atoms with Gasteiger partial charge in [-0.1, -0.05) is 61.2 Å². The van der Waals surface area contributed by atoms with E-state index >= 15 is 0 Å². The Morgan fingerprint density at radius 3 is 2.59 bits per heavy atom. The fraction of sp³-hybridized carbons (Fsp3) is 0.241. The second kappa shape index (κ2) is 10.1. The van der Waals surface area contributed by atoms with E-state index in [-0.39, 0.29) is 17.4 Å². The predicted molar refractivity (Wildman–Crippen MR) is 152 cm³/mol. The molecule has 0 bridgehead atoms. The molecule has 0 radical (unpaired) electrons. The number of thiophene rings is 1. The SMILES string of the molecule is C[C@@H](Cn1c(SCc2ccc(N3CCCC3=O)cc2)nc2c(sc3ncccc32)c1=O)c1ccccc1. The van der Waals surface area contributed by atoms with Gasteiger partial charge in [0, 0.05) is 42.5 Å². The lowest BCUT2D eigenvalue weighted by molar-refractivity contribution is -0.117. The van der Waals surface area contributed by atoms with Crippen molar-refractivity contribution in [1.29, 1.82) is 0 Å². The second-order valence-corrected chi connectivity index (χ2v) is 11.3. The van der Waals surface area contributed by atoms with Gasteiger partial charge in [-0.25, -0.2) is 9.97 Å². The summed E-state index contributed by atoms with van der Waals surface area (Å²) in [5.41, 5.74) is 3.97. The van der Waals surface area contributed by atoms with E-state index in [0.717, 1.165) is 39.9 Å². The molecule has 4 heterocycles. The Kier molecular flexibility index (Phi) is 6.52. The topological polar surface area (TPSA) is 68.1 Å². The van der Waals surface area contributed by atoms with Gasteiger partial charge in [-0.05, 0) is 47.7 Å². The lowest BCUT2D eigenvalue weighted by atomic mass is 10.0. The van der Waals surface area contributed by atoms with Crippen molar-refractivity contribution >= 4 is 55.1 Å². The van der Waals surface area contributed by atoms with Crippen LogP contribution in [0.25, 0.3) is 20.4 Å². The number of carbonyl (C=O) groups is 1. The van der Waals surface area contributed by atoms with Crippen LogP contribution < -0.4 is 10.5 Å². The van der Waals surface area contributed by atoms with Crippen molar-refractivity contribution in [3.63, 3.8) is 0 Å². The first-order chi connectivity index (χ1) is 18.1.